The number of nitrogens with one attached hydrogen (secondary N) is 2. The molecule has 4 rings (SSSR count). The fourth-order valence-electron chi connectivity index (χ4n) is 2.72. The maximum Gasteiger partial charge on any atom is 0.249 e. The molecule has 0 aliphatic carbocycles. The van der Waals surface area contributed by atoms with Crippen LogP contribution in [-0.4, -0.2) is 9.97 Å². The van der Waals surface area contributed by atoms with Crippen molar-refractivity contribution in [1.82, 2.24) is 9.97 Å². The van der Waals surface area contributed by atoms with Crippen molar-refractivity contribution in [1.29, 1.82) is 0 Å². The monoisotopic (exact) mass is 386 g/mol. The summed E-state index contributed by atoms with van der Waals surface area (Å²) in [6.07, 6.45) is 0. The molecule has 0 saturated carbocycles. The number of para-hydroxylation sites is 1. The van der Waals surface area contributed by atoms with Crippen molar-refractivity contribution in [2.24, 2.45) is 0 Å². The summed E-state index contributed by atoms with van der Waals surface area (Å²) in [6, 6.07) is 17.8. The van der Waals surface area contributed by atoms with E-state index in [4.69, 9.17) is 0 Å². The Morgan fingerprint density at radius 3 is 2.57 bits per heavy atom. The molecule has 0 unspecified atom stereocenters. The minimum Gasteiger partial charge on any atom is -0.353 e. The zero-order valence-electron chi connectivity index (χ0n) is 11.0. The first-order valence-electron chi connectivity index (χ1n) is 6.62. The van der Waals surface area contributed by atoms with Gasteiger partial charge in [0.1, 0.15) is 0 Å². The van der Waals surface area contributed by atoms with Crippen LogP contribution in [0.15, 0.2) is 59.4 Å². The van der Waals surface area contributed by atoms with Gasteiger partial charge < -0.3 is 9.97 Å². The molecule has 4 heteroatoms. The number of hydrogen-bond acceptors (Lipinski definition) is 1. The van der Waals surface area contributed by atoms with E-state index in [1.54, 1.807) is 6.07 Å². The third-order valence-corrected chi connectivity index (χ3v) is 4.31. The second-order valence-corrected chi connectivity index (χ2v) is 6.22. The summed E-state index contributed by atoms with van der Waals surface area (Å²) in [7, 11) is 0. The SMILES string of the molecule is O=c1cc(-c2cccc(I)c2)c2[nH]c3ccccc3c2[nH]1. The van der Waals surface area contributed by atoms with Crippen LogP contribution in [-0.2, 0) is 0 Å². The molecule has 2 N–H and O–H groups in total. The van der Waals surface area contributed by atoms with Crippen LogP contribution in [0, 0.1) is 3.57 Å². The molecule has 0 saturated heterocycles. The number of aromatic amines is 2. The molecule has 4 aromatic rings. The van der Waals surface area contributed by atoms with E-state index in [0.29, 0.717) is 0 Å². The Balaban J connectivity index is 2.16. The first-order valence-corrected chi connectivity index (χ1v) is 7.70. The topological polar surface area (TPSA) is 48.6 Å². The summed E-state index contributed by atoms with van der Waals surface area (Å²) in [4.78, 5) is 18.4. The van der Waals surface area contributed by atoms with Crippen LogP contribution < -0.4 is 5.56 Å². The van der Waals surface area contributed by atoms with E-state index in [9.17, 15) is 4.79 Å². The van der Waals surface area contributed by atoms with Gasteiger partial charge in [0.25, 0.3) is 0 Å². The molecule has 0 aliphatic heterocycles. The van der Waals surface area contributed by atoms with Gasteiger partial charge in [-0.3, -0.25) is 4.79 Å². The molecule has 2 aromatic heterocycles. The van der Waals surface area contributed by atoms with Crippen molar-refractivity contribution in [3.05, 3.63) is 68.5 Å². The summed E-state index contributed by atoms with van der Waals surface area (Å²) in [6.45, 7) is 0. The number of benzene rings is 2. The van der Waals surface area contributed by atoms with E-state index in [1.165, 1.54) is 0 Å². The second-order valence-electron chi connectivity index (χ2n) is 4.98. The minimum absolute atomic E-state index is 0.0823. The van der Waals surface area contributed by atoms with E-state index in [-0.39, 0.29) is 5.56 Å². The van der Waals surface area contributed by atoms with Gasteiger partial charge in [-0.05, 0) is 46.4 Å². The highest BCUT2D eigenvalue weighted by Gasteiger charge is 2.11. The van der Waals surface area contributed by atoms with Gasteiger partial charge in [0.15, 0.2) is 0 Å². The number of halogens is 1. The Labute approximate surface area is 134 Å². The third kappa shape index (κ3) is 2.06. The first kappa shape index (κ1) is 12.6. The van der Waals surface area contributed by atoms with Gasteiger partial charge in [-0.15, -0.1) is 0 Å². The fourth-order valence-corrected chi connectivity index (χ4v) is 3.26. The molecular formula is C17H11IN2O. The van der Waals surface area contributed by atoms with E-state index >= 15 is 0 Å². The van der Waals surface area contributed by atoms with E-state index in [0.717, 1.165) is 36.6 Å². The molecule has 0 aliphatic rings. The van der Waals surface area contributed by atoms with Gasteiger partial charge in [-0.1, -0.05) is 30.3 Å². The molecule has 0 bridgehead atoms. The minimum atomic E-state index is -0.0823. The molecule has 0 atom stereocenters. The predicted molar refractivity (Wildman–Crippen MR) is 94.6 cm³/mol. The van der Waals surface area contributed by atoms with Crippen molar-refractivity contribution in [3.8, 4) is 11.1 Å². The van der Waals surface area contributed by atoms with Gasteiger partial charge in [0, 0.05) is 26.1 Å². The maximum atomic E-state index is 12.0. The van der Waals surface area contributed by atoms with Crippen LogP contribution in [0.4, 0.5) is 0 Å². The smallest absolute Gasteiger partial charge is 0.249 e. The Morgan fingerprint density at radius 2 is 1.71 bits per heavy atom. The van der Waals surface area contributed by atoms with Gasteiger partial charge >= 0.3 is 0 Å². The molecule has 21 heavy (non-hydrogen) atoms. The van der Waals surface area contributed by atoms with E-state index < -0.39 is 0 Å². The lowest BCUT2D eigenvalue weighted by molar-refractivity contribution is 1.31. The second kappa shape index (κ2) is 4.73. The van der Waals surface area contributed by atoms with Gasteiger partial charge in [-0.25, -0.2) is 0 Å². The summed E-state index contributed by atoms with van der Waals surface area (Å²) in [5.41, 5.74) is 4.76. The van der Waals surface area contributed by atoms with E-state index in [2.05, 4.69) is 38.6 Å². The quantitative estimate of drug-likeness (QED) is 0.472. The van der Waals surface area contributed by atoms with Crippen LogP contribution in [0.5, 0.6) is 0 Å². The first-order chi connectivity index (χ1) is 10.2. The third-order valence-electron chi connectivity index (χ3n) is 3.63. The number of H-pyrrole nitrogens is 2. The molecule has 0 radical (unpaired) electrons. The lowest BCUT2D eigenvalue weighted by Crippen LogP contribution is -2.04. The van der Waals surface area contributed by atoms with Crippen molar-refractivity contribution < 1.29 is 0 Å². The summed E-state index contributed by atoms with van der Waals surface area (Å²) in [5.74, 6) is 0. The van der Waals surface area contributed by atoms with Crippen LogP contribution in [0.2, 0.25) is 0 Å². The van der Waals surface area contributed by atoms with Crippen molar-refractivity contribution in [2.45, 2.75) is 0 Å². The standard InChI is InChI=1S/C17H11IN2O/c18-11-5-3-4-10(8-11)13-9-15(21)20-16-12-6-1-2-7-14(12)19-17(13)16/h1-9,19H,(H,20,21). The molecule has 0 spiro atoms. The predicted octanol–water partition coefficient (Wildman–Crippen LogP) is 4.28. The van der Waals surface area contributed by atoms with Crippen LogP contribution >= 0.6 is 22.6 Å². The average Bonchev–Trinajstić information content (AvgIpc) is 2.85. The Morgan fingerprint density at radius 1 is 0.857 bits per heavy atom. The van der Waals surface area contributed by atoms with E-state index in [1.807, 2.05) is 42.5 Å². The largest absolute Gasteiger partial charge is 0.353 e. The van der Waals surface area contributed by atoms with Crippen molar-refractivity contribution >= 4 is 44.5 Å². The van der Waals surface area contributed by atoms with Crippen LogP contribution in [0.25, 0.3) is 33.1 Å². The summed E-state index contributed by atoms with van der Waals surface area (Å²) >= 11 is 2.28. The molecule has 3 nitrogen and oxygen atoms in total. The zero-order valence-corrected chi connectivity index (χ0v) is 13.1. The summed E-state index contributed by atoms with van der Waals surface area (Å²) in [5, 5.41) is 1.04. The normalized spacial score (nSPS) is 11.3. The number of hydrogen-bond donors (Lipinski definition) is 2. The average molecular weight is 386 g/mol. The fraction of sp³-hybridized carbons (Fsp3) is 0. The molecule has 2 heterocycles. The molecular weight excluding hydrogens is 375 g/mol. The maximum absolute atomic E-state index is 12.0. The number of pyridine rings is 1. The molecule has 0 amide bonds. The Kier molecular flexibility index (Phi) is 2.85. The molecule has 102 valence electrons. The Hall–Kier alpha value is -2.08. The Bertz CT molecular complexity index is 1030. The number of fused-ring (bicyclic) bond motifs is 3. The zero-order chi connectivity index (χ0) is 14.4. The highest BCUT2D eigenvalue weighted by atomic mass is 127. The number of aromatic nitrogens is 2. The highest BCUT2D eigenvalue weighted by Crippen LogP contribution is 2.31. The lowest BCUT2D eigenvalue weighted by atomic mass is 10.1. The highest BCUT2D eigenvalue weighted by molar-refractivity contribution is 14.1. The van der Waals surface area contributed by atoms with Gasteiger partial charge in [0.2, 0.25) is 5.56 Å². The lowest BCUT2D eigenvalue weighted by Gasteiger charge is -2.04. The molecule has 2 aromatic carbocycles. The van der Waals surface area contributed by atoms with Crippen LogP contribution in [0.1, 0.15) is 0 Å². The van der Waals surface area contributed by atoms with Gasteiger partial charge in [0.05, 0.1) is 11.0 Å². The van der Waals surface area contributed by atoms with Crippen LogP contribution in [0.3, 0.4) is 0 Å². The molecule has 0 fully saturated rings. The van der Waals surface area contributed by atoms with Crippen molar-refractivity contribution in [2.75, 3.05) is 0 Å². The number of rotatable bonds is 1. The van der Waals surface area contributed by atoms with Gasteiger partial charge in [-0.2, -0.15) is 0 Å². The summed E-state index contributed by atoms with van der Waals surface area (Å²) < 4.78 is 1.15. The van der Waals surface area contributed by atoms with Crippen molar-refractivity contribution in [3.63, 3.8) is 0 Å².